The summed E-state index contributed by atoms with van der Waals surface area (Å²) < 4.78 is 48.9. The van der Waals surface area contributed by atoms with E-state index in [1.54, 1.807) is 0 Å². The summed E-state index contributed by atoms with van der Waals surface area (Å²) in [4.78, 5) is 0. The number of nitrogens with one attached hydrogen (secondary N) is 2. The van der Waals surface area contributed by atoms with Gasteiger partial charge in [0.1, 0.15) is 0 Å². The Kier molecular flexibility index (Phi) is 4.30. The highest BCUT2D eigenvalue weighted by Crippen LogP contribution is 2.14. The fraction of sp³-hybridized carbons (Fsp3) is 1.00. The van der Waals surface area contributed by atoms with Gasteiger partial charge in [-0.25, -0.2) is 21.6 Å². The second-order valence-electron chi connectivity index (χ2n) is 5.15. The topological polar surface area (TPSA) is 92.3 Å². The van der Waals surface area contributed by atoms with E-state index in [-0.39, 0.29) is 23.3 Å². The van der Waals surface area contributed by atoms with Gasteiger partial charge in [0, 0.05) is 12.1 Å². The molecule has 2 N–H and O–H groups in total. The van der Waals surface area contributed by atoms with E-state index >= 15 is 0 Å². The van der Waals surface area contributed by atoms with E-state index in [0.717, 1.165) is 25.8 Å². The SMILES string of the molecule is O=S1(=O)CCC(NS(=O)(=O)CC2CCCCN2)C1. The van der Waals surface area contributed by atoms with Crippen LogP contribution in [0.3, 0.4) is 0 Å². The highest BCUT2D eigenvalue weighted by Gasteiger charge is 2.31. The molecule has 2 saturated heterocycles. The molecule has 18 heavy (non-hydrogen) atoms. The van der Waals surface area contributed by atoms with Gasteiger partial charge in [-0.2, -0.15) is 0 Å². The molecule has 2 atom stereocenters. The lowest BCUT2D eigenvalue weighted by Gasteiger charge is -2.24. The van der Waals surface area contributed by atoms with Crippen molar-refractivity contribution in [3.8, 4) is 0 Å². The number of sulfonamides is 1. The minimum Gasteiger partial charge on any atom is -0.313 e. The Morgan fingerprint density at radius 1 is 1.22 bits per heavy atom. The van der Waals surface area contributed by atoms with Crippen molar-refractivity contribution in [1.29, 1.82) is 0 Å². The normalized spacial score (nSPS) is 32.4. The van der Waals surface area contributed by atoms with Crippen molar-refractivity contribution in [3.63, 3.8) is 0 Å². The Bertz CT molecular complexity index is 480. The first-order valence-electron chi connectivity index (χ1n) is 6.30. The summed E-state index contributed by atoms with van der Waals surface area (Å²) in [5.41, 5.74) is 0. The summed E-state index contributed by atoms with van der Waals surface area (Å²) in [5.74, 6) is 0.0652. The first-order valence-corrected chi connectivity index (χ1v) is 9.77. The first kappa shape index (κ1) is 14.2. The van der Waals surface area contributed by atoms with Crippen molar-refractivity contribution >= 4 is 19.9 Å². The molecule has 0 spiro atoms. The van der Waals surface area contributed by atoms with Crippen LogP contribution in [0, 0.1) is 0 Å². The third kappa shape index (κ3) is 4.18. The lowest BCUT2D eigenvalue weighted by molar-refractivity contribution is 0.421. The summed E-state index contributed by atoms with van der Waals surface area (Å²) >= 11 is 0. The highest BCUT2D eigenvalue weighted by molar-refractivity contribution is 7.92. The number of hydrogen-bond acceptors (Lipinski definition) is 5. The summed E-state index contributed by atoms with van der Waals surface area (Å²) in [6, 6.07) is -0.446. The van der Waals surface area contributed by atoms with Crippen LogP contribution in [0.15, 0.2) is 0 Å². The first-order chi connectivity index (χ1) is 8.36. The molecule has 0 aromatic rings. The molecule has 2 fully saturated rings. The van der Waals surface area contributed by atoms with Crippen LogP contribution in [0.5, 0.6) is 0 Å². The maximum Gasteiger partial charge on any atom is 0.213 e. The van der Waals surface area contributed by atoms with Crippen molar-refractivity contribution in [3.05, 3.63) is 0 Å². The molecule has 2 aliphatic rings. The van der Waals surface area contributed by atoms with E-state index in [4.69, 9.17) is 0 Å². The van der Waals surface area contributed by atoms with Gasteiger partial charge in [-0.05, 0) is 25.8 Å². The summed E-state index contributed by atoms with van der Waals surface area (Å²) in [6.45, 7) is 0.859. The lowest BCUT2D eigenvalue weighted by atomic mass is 10.1. The second kappa shape index (κ2) is 5.44. The molecule has 6 nitrogen and oxygen atoms in total. The van der Waals surface area contributed by atoms with Gasteiger partial charge in [0.25, 0.3) is 0 Å². The van der Waals surface area contributed by atoms with E-state index < -0.39 is 25.9 Å². The molecule has 0 bridgehead atoms. The van der Waals surface area contributed by atoms with Gasteiger partial charge in [-0.3, -0.25) is 0 Å². The zero-order chi connectivity index (χ0) is 13.2. The van der Waals surface area contributed by atoms with Crippen molar-refractivity contribution in [1.82, 2.24) is 10.0 Å². The van der Waals surface area contributed by atoms with Gasteiger partial charge in [-0.15, -0.1) is 0 Å². The van der Waals surface area contributed by atoms with Crippen LogP contribution in [0.1, 0.15) is 25.7 Å². The van der Waals surface area contributed by atoms with Crippen molar-refractivity contribution in [2.45, 2.75) is 37.8 Å². The number of rotatable bonds is 4. The van der Waals surface area contributed by atoms with Gasteiger partial charge in [0.15, 0.2) is 9.84 Å². The molecular weight excluding hydrogens is 276 g/mol. The largest absolute Gasteiger partial charge is 0.313 e. The van der Waals surface area contributed by atoms with E-state index in [2.05, 4.69) is 10.0 Å². The van der Waals surface area contributed by atoms with Crippen LogP contribution in [0.2, 0.25) is 0 Å². The maximum absolute atomic E-state index is 11.9. The molecule has 0 aromatic carbocycles. The van der Waals surface area contributed by atoms with Gasteiger partial charge in [0.05, 0.1) is 17.3 Å². The Morgan fingerprint density at radius 3 is 2.56 bits per heavy atom. The maximum atomic E-state index is 11.9. The Labute approximate surface area is 108 Å². The molecule has 0 saturated carbocycles. The molecule has 2 heterocycles. The van der Waals surface area contributed by atoms with Crippen molar-refractivity contribution in [2.75, 3.05) is 23.8 Å². The zero-order valence-electron chi connectivity index (χ0n) is 10.3. The van der Waals surface area contributed by atoms with Crippen molar-refractivity contribution < 1.29 is 16.8 Å². The number of piperidine rings is 1. The third-order valence-electron chi connectivity index (χ3n) is 3.41. The molecule has 2 rings (SSSR count). The molecule has 0 amide bonds. The number of hydrogen-bond donors (Lipinski definition) is 2. The molecule has 0 aromatic heterocycles. The van der Waals surface area contributed by atoms with Gasteiger partial charge in [-0.1, -0.05) is 6.42 Å². The molecular formula is C10H20N2O4S2. The van der Waals surface area contributed by atoms with E-state index in [1.807, 2.05) is 0 Å². The van der Waals surface area contributed by atoms with E-state index in [9.17, 15) is 16.8 Å². The lowest BCUT2D eigenvalue weighted by Crippen LogP contribution is -2.45. The molecule has 2 unspecified atom stereocenters. The minimum atomic E-state index is -3.39. The summed E-state index contributed by atoms with van der Waals surface area (Å²) in [7, 11) is -6.44. The monoisotopic (exact) mass is 296 g/mol. The van der Waals surface area contributed by atoms with Gasteiger partial charge in [0.2, 0.25) is 10.0 Å². The Hall–Kier alpha value is -0.180. The predicted molar refractivity (Wildman–Crippen MR) is 69.6 cm³/mol. The smallest absolute Gasteiger partial charge is 0.213 e. The Balaban J connectivity index is 1.87. The zero-order valence-corrected chi connectivity index (χ0v) is 11.9. The average molecular weight is 296 g/mol. The molecule has 0 aliphatic carbocycles. The van der Waals surface area contributed by atoms with Crippen molar-refractivity contribution in [2.24, 2.45) is 0 Å². The quantitative estimate of drug-likeness (QED) is 0.711. The van der Waals surface area contributed by atoms with Crippen LogP contribution in [-0.4, -0.2) is 52.7 Å². The second-order valence-corrected chi connectivity index (χ2v) is 9.17. The minimum absolute atomic E-state index is 0.00531. The van der Waals surface area contributed by atoms with Crippen LogP contribution in [0.4, 0.5) is 0 Å². The summed E-state index contributed by atoms with van der Waals surface area (Å²) in [6.07, 6.45) is 3.39. The standard InChI is InChI=1S/C10H20N2O4S2/c13-17(14)6-4-10(7-17)12-18(15,16)8-9-3-1-2-5-11-9/h9-12H,1-8H2. The van der Waals surface area contributed by atoms with Gasteiger partial charge >= 0.3 is 0 Å². The fourth-order valence-corrected chi connectivity index (χ4v) is 5.92. The van der Waals surface area contributed by atoms with Crippen LogP contribution >= 0.6 is 0 Å². The third-order valence-corrected chi connectivity index (χ3v) is 6.71. The van der Waals surface area contributed by atoms with Crippen LogP contribution in [0.25, 0.3) is 0 Å². The van der Waals surface area contributed by atoms with Gasteiger partial charge < -0.3 is 5.32 Å². The Morgan fingerprint density at radius 2 is 2.00 bits per heavy atom. The van der Waals surface area contributed by atoms with E-state index in [1.165, 1.54) is 0 Å². The molecule has 106 valence electrons. The van der Waals surface area contributed by atoms with Crippen LogP contribution in [-0.2, 0) is 19.9 Å². The highest BCUT2D eigenvalue weighted by atomic mass is 32.2. The molecule has 0 radical (unpaired) electrons. The fourth-order valence-electron chi connectivity index (χ4n) is 2.52. The number of sulfone groups is 1. The predicted octanol–water partition coefficient (Wildman–Crippen LogP) is -0.765. The van der Waals surface area contributed by atoms with E-state index in [0.29, 0.717) is 6.42 Å². The molecule has 8 heteroatoms. The van der Waals surface area contributed by atoms with Crippen LogP contribution < -0.4 is 10.0 Å². The average Bonchev–Trinajstić information content (AvgIpc) is 2.57. The summed E-state index contributed by atoms with van der Waals surface area (Å²) in [5, 5.41) is 3.18. The molecule has 2 aliphatic heterocycles.